The van der Waals surface area contributed by atoms with Crippen LogP contribution in [0, 0.1) is 0 Å². The number of fused-ring (bicyclic) bond motifs is 1. The summed E-state index contributed by atoms with van der Waals surface area (Å²) in [5, 5.41) is 0.102. The number of imidazole rings is 1. The fourth-order valence-electron chi connectivity index (χ4n) is 2.63. The second-order valence-electron chi connectivity index (χ2n) is 5.42. The molecule has 1 aliphatic heterocycles. The fourth-order valence-corrected chi connectivity index (χ4v) is 3.05. The maximum atomic E-state index is 11.3. The Hall–Kier alpha value is -1.97. The van der Waals surface area contributed by atoms with Gasteiger partial charge in [-0.2, -0.15) is 4.98 Å². The zero-order chi connectivity index (χ0) is 18.1. The van der Waals surface area contributed by atoms with E-state index >= 15 is 0 Å². The van der Waals surface area contributed by atoms with E-state index in [0.717, 1.165) is 0 Å². The van der Waals surface area contributed by atoms with Crippen LogP contribution in [0.1, 0.15) is 26.5 Å². The Morgan fingerprint density at radius 1 is 1.32 bits per heavy atom. The molecule has 1 fully saturated rings. The molecule has 9 nitrogen and oxygen atoms in total. The molecule has 0 amide bonds. The van der Waals surface area contributed by atoms with Gasteiger partial charge in [0.05, 0.1) is 6.33 Å². The van der Waals surface area contributed by atoms with E-state index in [1.54, 1.807) is 4.57 Å². The molecule has 25 heavy (non-hydrogen) atoms. The van der Waals surface area contributed by atoms with Gasteiger partial charge in [0.1, 0.15) is 30.6 Å². The van der Waals surface area contributed by atoms with Crippen LogP contribution in [0.3, 0.4) is 0 Å². The Balaban J connectivity index is 1.87. The van der Waals surface area contributed by atoms with Gasteiger partial charge in [-0.25, -0.2) is 9.97 Å². The topological polar surface area (TPSA) is 105 Å². The van der Waals surface area contributed by atoms with Crippen molar-refractivity contribution in [1.29, 1.82) is 0 Å². The first-order chi connectivity index (χ1) is 11.8. The molecule has 2 aromatic rings. The quantitative estimate of drug-likeness (QED) is 0.444. The minimum Gasteiger partial charge on any atom is -0.463 e. The molecule has 1 saturated heterocycles. The van der Waals surface area contributed by atoms with E-state index in [1.165, 1.54) is 20.2 Å². The third kappa shape index (κ3) is 3.83. The number of carbonyl (C=O) groups is 2. The predicted molar refractivity (Wildman–Crippen MR) is 86.1 cm³/mol. The van der Waals surface area contributed by atoms with Crippen molar-refractivity contribution in [1.82, 2.24) is 19.5 Å². The first-order valence-electron chi connectivity index (χ1n) is 7.36. The average molecular weight is 389 g/mol. The molecule has 1 unspecified atom stereocenters. The Kier molecular flexibility index (Phi) is 5.07. The number of esters is 2. The summed E-state index contributed by atoms with van der Waals surface area (Å²) in [6.07, 6.45) is 0.0913. The summed E-state index contributed by atoms with van der Waals surface area (Å²) in [6.45, 7) is 2.56. The van der Waals surface area contributed by atoms with E-state index in [4.69, 9.17) is 37.4 Å². The minimum absolute atomic E-state index is 0.0229. The molecule has 0 bridgehead atoms. The van der Waals surface area contributed by atoms with Gasteiger partial charge in [-0.05, 0) is 11.6 Å². The molecule has 1 aliphatic rings. The van der Waals surface area contributed by atoms with Crippen LogP contribution in [0.15, 0.2) is 6.33 Å². The van der Waals surface area contributed by atoms with E-state index in [0.29, 0.717) is 17.6 Å². The van der Waals surface area contributed by atoms with Crippen molar-refractivity contribution in [2.45, 2.75) is 38.7 Å². The maximum absolute atomic E-state index is 11.3. The lowest BCUT2D eigenvalue weighted by atomic mass is 10.2. The molecule has 0 spiro atoms. The van der Waals surface area contributed by atoms with Gasteiger partial charge >= 0.3 is 11.9 Å². The first kappa shape index (κ1) is 17.8. The highest BCUT2D eigenvalue weighted by Crippen LogP contribution is 2.34. The van der Waals surface area contributed by atoms with Crippen LogP contribution in [0.25, 0.3) is 11.2 Å². The van der Waals surface area contributed by atoms with Crippen LogP contribution >= 0.6 is 23.2 Å². The Morgan fingerprint density at radius 2 is 2.08 bits per heavy atom. The number of carbonyl (C=O) groups excluding carboxylic acids is 2. The van der Waals surface area contributed by atoms with Crippen molar-refractivity contribution in [3.05, 3.63) is 16.8 Å². The second kappa shape index (κ2) is 7.11. The molecule has 0 aliphatic carbocycles. The molecule has 3 atom stereocenters. The SMILES string of the molecule is CC(=O)OC[C@H]1O[C@@H](n2cnc3c(Cl)nc(Cl)nc32)CC1OC(C)=O. The molecule has 0 radical (unpaired) electrons. The summed E-state index contributed by atoms with van der Waals surface area (Å²) in [6, 6.07) is 0. The molecule has 11 heteroatoms. The van der Waals surface area contributed by atoms with Crippen molar-refractivity contribution >= 4 is 46.3 Å². The molecule has 3 rings (SSSR count). The van der Waals surface area contributed by atoms with Crippen LogP contribution in [-0.2, 0) is 23.8 Å². The first-order valence-corrected chi connectivity index (χ1v) is 8.12. The molecule has 0 saturated carbocycles. The summed E-state index contributed by atoms with van der Waals surface area (Å²) < 4.78 is 17.8. The van der Waals surface area contributed by atoms with Gasteiger partial charge in [0, 0.05) is 20.3 Å². The zero-order valence-electron chi connectivity index (χ0n) is 13.3. The van der Waals surface area contributed by atoms with Gasteiger partial charge in [-0.15, -0.1) is 0 Å². The Morgan fingerprint density at radius 3 is 2.76 bits per heavy atom. The third-order valence-corrected chi connectivity index (χ3v) is 4.04. The number of aromatic nitrogens is 4. The normalized spacial score (nSPS) is 23.0. The van der Waals surface area contributed by atoms with E-state index in [1.807, 2.05) is 0 Å². The number of halogens is 2. The summed E-state index contributed by atoms with van der Waals surface area (Å²) in [7, 11) is 0. The van der Waals surface area contributed by atoms with Crippen molar-refractivity contribution in [2.75, 3.05) is 6.61 Å². The lowest BCUT2D eigenvalue weighted by Gasteiger charge is -2.17. The summed E-state index contributed by atoms with van der Waals surface area (Å²) in [5.41, 5.74) is 0.770. The van der Waals surface area contributed by atoms with Gasteiger partial charge in [-0.3, -0.25) is 14.2 Å². The standard InChI is InChI=1S/C14H14Cl2N4O5/c1-6(21)23-4-9-8(24-7(2)22)3-10(25-9)20-5-17-11-12(15)18-14(16)19-13(11)20/h5,8-10H,3-4H2,1-2H3/t8?,9-,10-/m1/s1. The highest BCUT2D eigenvalue weighted by Gasteiger charge is 2.40. The monoisotopic (exact) mass is 388 g/mol. The van der Waals surface area contributed by atoms with Crippen LogP contribution in [0.4, 0.5) is 0 Å². The van der Waals surface area contributed by atoms with Crippen LogP contribution in [-0.4, -0.2) is 50.3 Å². The van der Waals surface area contributed by atoms with Gasteiger partial charge in [0.2, 0.25) is 5.28 Å². The predicted octanol–water partition coefficient (Wildman–Crippen LogP) is 1.92. The van der Waals surface area contributed by atoms with Crippen LogP contribution in [0.5, 0.6) is 0 Å². The maximum Gasteiger partial charge on any atom is 0.303 e. The zero-order valence-corrected chi connectivity index (χ0v) is 14.8. The van der Waals surface area contributed by atoms with E-state index in [9.17, 15) is 9.59 Å². The summed E-state index contributed by atoms with van der Waals surface area (Å²) >= 11 is 11.9. The smallest absolute Gasteiger partial charge is 0.303 e. The van der Waals surface area contributed by atoms with Gasteiger partial charge in [-0.1, -0.05) is 11.6 Å². The van der Waals surface area contributed by atoms with E-state index in [-0.39, 0.29) is 17.0 Å². The van der Waals surface area contributed by atoms with Gasteiger partial charge < -0.3 is 14.2 Å². The number of nitrogens with zero attached hydrogens (tertiary/aromatic N) is 4. The second-order valence-corrected chi connectivity index (χ2v) is 6.12. The Labute approximate surface area is 152 Å². The highest BCUT2D eigenvalue weighted by molar-refractivity contribution is 6.35. The molecule has 134 valence electrons. The van der Waals surface area contributed by atoms with Gasteiger partial charge in [0.25, 0.3) is 0 Å². The van der Waals surface area contributed by atoms with Crippen LogP contribution in [0.2, 0.25) is 10.4 Å². The molecular formula is C14H14Cl2N4O5. The van der Waals surface area contributed by atoms with Crippen molar-refractivity contribution in [3.8, 4) is 0 Å². The number of rotatable bonds is 4. The number of hydrogen-bond acceptors (Lipinski definition) is 8. The minimum atomic E-state index is -0.608. The van der Waals surface area contributed by atoms with Gasteiger partial charge in [0.15, 0.2) is 10.8 Å². The third-order valence-electron chi connectivity index (χ3n) is 3.61. The van der Waals surface area contributed by atoms with Crippen molar-refractivity contribution < 1.29 is 23.8 Å². The number of ether oxygens (including phenoxy) is 3. The lowest BCUT2D eigenvalue weighted by Crippen LogP contribution is -2.31. The van der Waals surface area contributed by atoms with E-state index < -0.39 is 30.4 Å². The summed E-state index contributed by atoms with van der Waals surface area (Å²) in [4.78, 5) is 34.5. The fraction of sp³-hybridized carbons (Fsp3) is 0.500. The Bertz CT molecular complexity index is 827. The lowest BCUT2D eigenvalue weighted by molar-refractivity contribution is -0.155. The van der Waals surface area contributed by atoms with E-state index in [2.05, 4.69) is 15.0 Å². The largest absolute Gasteiger partial charge is 0.463 e. The van der Waals surface area contributed by atoms with Crippen LogP contribution < -0.4 is 0 Å². The molecule has 0 aromatic carbocycles. The van der Waals surface area contributed by atoms with Crippen molar-refractivity contribution in [3.63, 3.8) is 0 Å². The van der Waals surface area contributed by atoms with Crippen molar-refractivity contribution in [2.24, 2.45) is 0 Å². The molecule has 0 N–H and O–H groups in total. The summed E-state index contributed by atoms with van der Waals surface area (Å²) in [5.74, 6) is -0.904. The number of hydrogen-bond donors (Lipinski definition) is 0. The highest BCUT2D eigenvalue weighted by atomic mass is 35.5. The molecular weight excluding hydrogens is 375 g/mol. The average Bonchev–Trinajstić information content (AvgIpc) is 3.08. The molecule has 2 aromatic heterocycles. The molecule has 3 heterocycles.